The van der Waals surface area contributed by atoms with Gasteiger partial charge in [0.2, 0.25) is 0 Å². The summed E-state index contributed by atoms with van der Waals surface area (Å²) in [5, 5.41) is 4.31. The number of benzene rings is 1. The fourth-order valence-corrected chi connectivity index (χ4v) is 3.79. The Balaban J connectivity index is 1.73. The Bertz CT molecular complexity index is 817. The Hall–Kier alpha value is -2.25. The first-order chi connectivity index (χ1) is 14.6. The van der Waals surface area contributed by atoms with Gasteiger partial charge in [-0.05, 0) is 25.5 Å². The fraction of sp³-hybridized carbons (Fsp3) is 0.565. The lowest BCUT2D eigenvalue weighted by molar-refractivity contribution is 0.0324. The van der Waals surface area contributed by atoms with Gasteiger partial charge in [-0.3, -0.25) is 9.69 Å². The highest BCUT2D eigenvalue weighted by Crippen LogP contribution is 2.19. The van der Waals surface area contributed by atoms with Crippen molar-refractivity contribution in [2.45, 2.75) is 39.5 Å². The van der Waals surface area contributed by atoms with Gasteiger partial charge in [-0.1, -0.05) is 38.3 Å². The van der Waals surface area contributed by atoms with Crippen LogP contribution in [0.15, 0.2) is 30.5 Å². The lowest BCUT2D eigenvalue weighted by Gasteiger charge is -2.30. The smallest absolute Gasteiger partial charge is 0.257 e. The van der Waals surface area contributed by atoms with E-state index in [1.807, 2.05) is 11.8 Å². The average molecular weight is 417 g/mol. The molecule has 3 rings (SSSR count). The van der Waals surface area contributed by atoms with Crippen LogP contribution < -0.4 is 0 Å². The third-order valence-corrected chi connectivity index (χ3v) is 5.68. The summed E-state index contributed by atoms with van der Waals surface area (Å²) in [6.45, 7) is 9.56. The molecule has 1 aliphatic heterocycles. The van der Waals surface area contributed by atoms with Gasteiger partial charge in [-0.25, -0.2) is 9.07 Å². The lowest BCUT2D eigenvalue weighted by Crippen LogP contribution is -2.43. The molecule has 1 fully saturated rings. The van der Waals surface area contributed by atoms with Crippen LogP contribution in [0.2, 0.25) is 0 Å². The van der Waals surface area contributed by atoms with Crippen molar-refractivity contribution in [3.8, 4) is 5.69 Å². The number of para-hydroxylation sites is 1. The van der Waals surface area contributed by atoms with Crippen LogP contribution in [-0.4, -0.2) is 71.4 Å². The summed E-state index contributed by atoms with van der Waals surface area (Å²) in [5.41, 5.74) is 1.56. The van der Waals surface area contributed by atoms with Crippen LogP contribution in [0.1, 0.15) is 48.7 Å². The average Bonchev–Trinajstić information content (AvgIpc) is 3.15. The van der Waals surface area contributed by atoms with Crippen molar-refractivity contribution in [3.63, 3.8) is 0 Å². The number of ether oxygens (including phenoxy) is 1. The molecular formula is C23H33FN4O2. The maximum absolute atomic E-state index is 14.2. The molecule has 0 spiro atoms. The topological polar surface area (TPSA) is 50.6 Å². The number of carbonyl (C=O) groups is 1. The molecule has 1 aliphatic rings. The molecule has 0 aliphatic carbocycles. The summed E-state index contributed by atoms with van der Waals surface area (Å²) in [6.07, 6.45) is 6.01. The lowest BCUT2D eigenvalue weighted by atomic mass is 10.1. The third-order valence-electron chi connectivity index (χ3n) is 5.68. The van der Waals surface area contributed by atoms with Crippen molar-refractivity contribution >= 4 is 5.91 Å². The number of rotatable bonds is 10. The van der Waals surface area contributed by atoms with Gasteiger partial charge in [0, 0.05) is 32.7 Å². The van der Waals surface area contributed by atoms with Crippen molar-refractivity contribution in [2.24, 2.45) is 0 Å². The van der Waals surface area contributed by atoms with Crippen molar-refractivity contribution < 1.29 is 13.9 Å². The van der Waals surface area contributed by atoms with Crippen LogP contribution in [0.5, 0.6) is 0 Å². The normalized spacial score (nSPS) is 14.8. The molecular weight excluding hydrogens is 383 g/mol. The molecule has 0 radical (unpaired) electrons. The van der Waals surface area contributed by atoms with E-state index in [-0.39, 0.29) is 11.7 Å². The zero-order valence-electron chi connectivity index (χ0n) is 18.1. The van der Waals surface area contributed by atoms with E-state index >= 15 is 0 Å². The van der Waals surface area contributed by atoms with Gasteiger partial charge < -0.3 is 9.64 Å². The summed E-state index contributed by atoms with van der Waals surface area (Å²) in [7, 11) is 0. The van der Waals surface area contributed by atoms with Gasteiger partial charge in [0.05, 0.1) is 30.7 Å². The number of halogens is 1. The van der Waals surface area contributed by atoms with Gasteiger partial charge in [-0.15, -0.1) is 0 Å². The molecule has 0 saturated carbocycles. The molecule has 2 aromatic rings. The molecule has 2 heterocycles. The highest BCUT2D eigenvalue weighted by molar-refractivity contribution is 5.95. The van der Waals surface area contributed by atoms with E-state index in [1.54, 1.807) is 24.4 Å². The SMILES string of the molecule is CCCCCCN(CCN1CCOCC1)C(=O)c1cnn(-c2ccccc2F)c1C. The highest BCUT2D eigenvalue weighted by Gasteiger charge is 2.23. The van der Waals surface area contributed by atoms with E-state index in [0.29, 0.717) is 23.5 Å². The van der Waals surface area contributed by atoms with Crippen LogP contribution in [0.25, 0.3) is 5.69 Å². The van der Waals surface area contributed by atoms with Crippen LogP contribution >= 0.6 is 0 Å². The minimum atomic E-state index is -0.355. The monoisotopic (exact) mass is 416 g/mol. The number of unbranched alkanes of at least 4 members (excludes halogenated alkanes) is 3. The van der Waals surface area contributed by atoms with E-state index in [4.69, 9.17) is 4.74 Å². The molecule has 0 N–H and O–H groups in total. The largest absolute Gasteiger partial charge is 0.379 e. The second kappa shape index (κ2) is 11.2. The molecule has 1 aromatic carbocycles. The number of carbonyl (C=O) groups excluding carboxylic acids is 1. The molecule has 7 heteroatoms. The van der Waals surface area contributed by atoms with Gasteiger partial charge >= 0.3 is 0 Å². The number of hydrogen-bond donors (Lipinski definition) is 0. The summed E-state index contributed by atoms with van der Waals surface area (Å²) in [6, 6.07) is 6.49. The standard InChI is InChI=1S/C23H33FN4O2/c1-3-4-5-8-11-27(13-12-26-14-16-30-17-15-26)23(29)20-18-25-28(19(20)2)22-10-7-6-9-21(22)24/h6-7,9-10,18H,3-5,8,11-17H2,1-2H3. The Morgan fingerprint density at radius 1 is 1.17 bits per heavy atom. The molecule has 6 nitrogen and oxygen atoms in total. The summed E-state index contributed by atoms with van der Waals surface area (Å²) >= 11 is 0. The zero-order chi connectivity index (χ0) is 21.3. The molecule has 30 heavy (non-hydrogen) atoms. The molecule has 0 unspecified atom stereocenters. The minimum Gasteiger partial charge on any atom is -0.379 e. The number of morpholine rings is 1. The zero-order valence-corrected chi connectivity index (χ0v) is 18.1. The highest BCUT2D eigenvalue weighted by atomic mass is 19.1. The first kappa shape index (κ1) is 22.4. The molecule has 1 amide bonds. The van der Waals surface area contributed by atoms with E-state index in [1.165, 1.54) is 17.2 Å². The van der Waals surface area contributed by atoms with Crippen LogP contribution in [0, 0.1) is 12.7 Å². The second-order valence-electron chi connectivity index (χ2n) is 7.81. The Morgan fingerprint density at radius 3 is 2.67 bits per heavy atom. The molecule has 164 valence electrons. The predicted octanol–water partition coefficient (Wildman–Crippen LogP) is 3.67. The second-order valence-corrected chi connectivity index (χ2v) is 7.81. The number of amides is 1. The Labute approximate surface area is 178 Å². The van der Waals surface area contributed by atoms with Gasteiger partial charge in [0.1, 0.15) is 11.5 Å². The van der Waals surface area contributed by atoms with Crippen molar-refractivity contribution in [1.82, 2.24) is 19.6 Å². The van der Waals surface area contributed by atoms with Gasteiger partial charge in [-0.2, -0.15) is 5.10 Å². The summed E-state index contributed by atoms with van der Waals surface area (Å²) in [4.78, 5) is 17.6. The van der Waals surface area contributed by atoms with E-state index in [9.17, 15) is 9.18 Å². The number of hydrogen-bond acceptors (Lipinski definition) is 4. The van der Waals surface area contributed by atoms with Crippen LogP contribution in [0.3, 0.4) is 0 Å². The Kier molecular flexibility index (Phi) is 8.39. The molecule has 0 bridgehead atoms. The number of aromatic nitrogens is 2. The minimum absolute atomic E-state index is 0.0279. The molecule has 1 aromatic heterocycles. The van der Waals surface area contributed by atoms with Crippen LogP contribution in [-0.2, 0) is 4.74 Å². The van der Waals surface area contributed by atoms with Gasteiger partial charge in [0.15, 0.2) is 0 Å². The third kappa shape index (κ3) is 5.67. The fourth-order valence-electron chi connectivity index (χ4n) is 3.79. The molecule has 0 atom stereocenters. The van der Waals surface area contributed by atoms with Crippen LogP contribution in [0.4, 0.5) is 4.39 Å². The van der Waals surface area contributed by atoms with E-state index in [2.05, 4.69) is 16.9 Å². The summed E-state index contributed by atoms with van der Waals surface area (Å²) < 4.78 is 21.2. The van der Waals surface area contributed by atoms with E-state index in [0.717, 1.165) is 58.7 Å². The molecule has 1 saturated heterocycles. The van der Waals surface area contributed by atoms with E-state index < -0.39 is 0 Å². The maximum Gasteiger partial charge on any atom is 0.257 e. The van der Waals surface area contributed by atoms with Crippen molar-refractivity contribution in [1.29, 1.82) is 0 Å². The summed E-state index contributed by atoms with van der Waals surface area (Å²) in [5.74, 6) is -0.383. The van der Waals surface area contributed by atoms with Gasteiger partial charge in [0.25, 0.3) is 5.91 Å². The Morgan fingerprint density at radius 2 is 1.93 bits per heavy atom. The number of nitrogens with zero attached hydrogens (tertiary/aromatic N) is 4. The van der Waals surface area contributed by atoms with Crippen molar-refractivity contribution in [3.05, 3.63) is 47.5 Å². The predicted molar refractivity (Wildman–Crippen MR) is 116 cm³/mol. The first-order valence-electron chi connectivity index (χ1n) is 11.0. The maximum atomic E-state index is 14.2. The quantitative estimate of drug-likeness (QED) is 0.555. The first-order valence-corrected chi connectivity index (χ1v) is 11.0. The van der Waals surface area contributed by atoms with Crippen molar-refractivity contribution in [2.75, 3.05) is 45.9 Å².